The van der Waals surface area contributed by atoms with E-state index >= 15 is 0 Å². The monoisotopic (exact) mass is 424 g/mol. The number of alkyl halides is 3. The largest absolute Gasteiger partial charge is 0.433 e. The molecule has 4 rings (SSSR count). The standard InChI is InChI=1S/C21H27F3N4O2/c1-20(2,3)16-11-18-25-14(10-17(21(22,23)24)28(18)26-16)13-6-4-8-27(12-13)19(29)15-7-5-9-30-15/h10-11,13,15H,4-9,12H2,1-3H3/t13-,15+/m1/s1. The Bertz CT molecular complexity index is 942. The fourth-order valence-corrected chi connectivity index (χ4v) is 4.17. The van der Waals surface area contributed by atoms with Crippen LogP contribution in [0.4, 0.5) is 13.2 Å². The summed E-state index contributed by atoms with van der Waals surface area (Å²) in [7, 11) is 0. The molecule has 0 saturated carbocycles. The van der Waals surface area contributed by atoms with Crippen LogP contribution in [0.25, 0.3) is 5.65 Å². The highest BCUT2D eigenvalue weighted by atomic mass is 19.4. The molecule has 2 saturated heterocycles. The number of hydrogen-bond donors (Lipinski definition) is 0. The van der Waals surface area contributed by atoms with Gasteiger partial charge in [-0.2, -0.15) is 18.3 Å². The lowest BCUT2D eigenvalue weighted by atomic mass is 9.92. The fourth-order valence-electron chi connectivity index (χ4n) is 4.17. The third-order valence-electron chi connectivity index (χ3n) is 5.86. The maximum Gasteiger partial charge on any atom is 0.433 e. The van der Waals surface area contributed by atoms with Crippen molar-refractivity contribution in [1.82, 2.24) is 19.5 Å². The number of fused-ring (bicyclic) bond motifs is 1. The third kappa shape index (κ3) is 4.04. The average molecular weight is 424 g/mol. The second-order valence-corrected chi connectivity index (χ2v) is 9.24. The third-order valence-corrected chi connectivity index (χ3v) is 5.86. The number of likely N-dealkylation sites (tertiary alicyclic amines) is 1. The van der Waals surface area contributed by atoms with Gasteiger partial charge < -0.3 is 9.64 Å². The molecule has 0 aliphatic carbocycles. The van der Waals surface area contributed by atoms with Gasteiger partial charge in [0.25, 0.3) is 5.91 Å². The molecule has 2 fully saturated rings. The van der Waals surface area contributed by atoms with E-state index < -0.39 is 23.4 Å². The van der Waals surface area contributed by atoms with Crippen molar-refractivity contribution in [2.75, 3.05) is 19.7 Å². The summed E-state index contributed by atoms with van der Waals surface area (Å²) in [4.78, 5) is 19.0. The maximum absolute atomic E-state index is 13.8. The lowest BCUT2D eigenvalue weighted by Crippen LogP contribution is -2.44. The topological polar surface area (TPSA) is 59.7 Å². The Morgan fingerprint density at radius 2 is 1.93 bits per heavy atom. The molecule has 1 amide bonds. The van der Waals surface area contributed by atoms with Crippen molar-refractivity contribution in [2.24, 2.45) is 0 Å². The van der Waals surface area contributed by atoms with Gasteiger partial charge in [-0.15, -0.1) is 0 Å². The van der Waals surface area contributed by atoms with E-state index in [-0.39, 0.29) is 17.5 Å². The molecule has 2 aromatic rings. The summed E-state index contributed by atoms with van der Waals surface area (Å²) in [5, 5.41) is 4.19. The highest BCUT2D eigenvalue weighted by Crippen LogP contribution is 2.35. The van der Waals surface area contributed by atoms with Gasteiger partial charge in [0.05, 0.1) is 5.69 Å². The molecule has 0 N–H and O–H groups in total. The molecule has 30 heavy (non-hydrogen) atoms. The van der Waals surface area contributed by atoms with E-state index in [0.29, 0.717) is 43.9 Å². The van der Waals surface area contributed by atoms with Gasteiger partial charge in [-0.25, -0.2) is 9.50 Å². The first-order valence-corrected chi connectivity index (χ1v) is 10.4. The second-order valence-electron chi connectivity index (χ2n) is 9.24. The Balaban J connectivity index is 1.68. The minimum Gasteiger partial charge on any atom is -0.368 e. The minimum atomic E-state index is -4.56. The number of amides is 1. The number of hydrogen-bond acceptors (Lipinski definition) is 4. The Morgan fingerprint density at radius 3 is 2.57 bits per heavy atom. The molecule has 6 nitrogen and oxygen atoms in total. The summed E-state index contributed by atoms with van der Waals surface area (Å²) in [5.74, 6) is -0.308. The lowest BCUT2D eigenvalue weighted by molar-refractivity contribution is -0.143. The highest BCUT2D eigenvalue weighted by Gasteiger charge is 2.38. The van der Waals surface area contributed by atoms with Crippen LogP contribution in [-0.4, -0.2) is 51.2 Å². The van der Waals surface area contributed by atoms with Crippen LogP contribution in [0.3, 0.4) is 0 Å². The van der Waals surface area contributed by atoms with Crippen LogP contribution in [0, 0.1) is 0 Å². The Morgan fingerprint density at radius 1 is 1.17 bits per heavy atom. The van der Waals surface area contributed by atoms with E-state index in [1.54, 1.807) is 11.0 Å². The molecular weight excluding hydrogens is 397 g/mol. The van der Waals surface area contributed by atoms with Gasteiger partial charge in [0.15, 0.2) is 5.65 Å². The van der Waals surface area contributed by atoms with E-state index in [2.05, 4.69) is 10.1 Å². The summed E-state index contributed by atoms with van der Waals surface area (Å²) in [6, 6.07) is 2.72. The van der Waals surface area contributed by atoms with Crippen LogP contribution in [0.15, 0.2) is 12.1 Å². The molecular formula is C21H27F3N4O2. The summed E-state index contributed by atoms with van der Waals surface area (Å²) in [6.07, 6.45) is -2.00. The lowest BCUT2D eigenvalue weighted by Gasteiger charge is -2.34. The van der Waals surface area contributed by atoms with E-state index in [4.69, 9.17) is 4.74 Å². The van der Waals surface area contributed by atoms with Gasteiger partial charge >= 0.3 is 6.18 Å². The molecule has 0 radical (unpaired) electrons. The first-order valence-electron chi connectivity index (χ1n) is 10.4. The van der Waals surface area contributed by atoms with E-state index in [0.717, 1.165) is 23.4 Å². The maximum atomic E-state index is 13.8. The first-order chi connectivity index (χ1) is 14.0. The van der Waals surface area contributed by atoms with Crippen molar-refractivity contribution >= 4 is 11.6 Å². The number of carbonyl (C=O) groups is 1. The van der Waals surface area contributed by atoms with E-state index in [1.165, 1.54) is 0 Å². The number of aromatic nitrogens is 3. The normalized spacial score (nSPS) is 23.3. The van der Waals surface area contributed by atoms with Crippen molar-refractivity contribution in [3.63, 3.8) is 0 Å². The smallest absolute Gasteiger partial charge is 0.368 e. The predicted octanol–water partition coefficient (Wildman–Crippen LogP) is 3.93. The number of rotatable bonds is 2. The van der Waals surface area contributed by atoms with Gasteiger partial charge in [-0.1, -0.05) is 20.8 Å². The quantitative estimate of drug-likeness (QED) is 0.733. The van der Waals surface area contributed by atoms with Crippen LogP contribution in [0.1, 0.15) is 69.5 Å². The molecule has 4 heterocycles. The molecule has 9 heteroatoms. The van der Waals surface area contributed by atoms with Gasteiger partial charge in [0, 0.05) is 42.8 Å². The molecule has 164 valence electrons. The summed E-state index contributed by atoms with van der Waals surface area (Å²) in [5.41, 5.74) is -0.129. The second kappa shape index (κ2) is 7.51. The molecule has 2 atom stereocenters. The Hall–Kier alpha value is -2.16. The molecule has 2 aliphatic heterocycles. The van der Waals surface area contributed by atoms with Gasteiger partial charge in [0.1, 0.15) is 11.8 Å². The van der Waals surface area contributed by atoms with Crippen LogP contribution in [-0.2, 0) is 21.1 Å². The predicted molar refractivity (Wildman–Crippen MR) is 104 cm³/mol. The zero-order chi connectivity index (χ0) is 21.7. The zero-order valence-corrected chi connectivity index (χ0v) is 17.5. The van der Waals surface area contributed by atoms with E-state index in [1.807, 2.05) is 20.8 Å². The average Bonchev–Trinajstić information content (AvgIpc) is 3.35. The van der Waals surface area contributed by atoms with Crippen LogP contribution in [0.5, 0.6) is 0 Å². The Kier molecular flexibility index (Phi) is 5.28. The van der Waals surface area contributed by atoms with Gasteiger partial charge in [0.2, 0.25) is 0 Å². The van der Waals surface area contributed by atoms with Crippen molar-refractivity contribution in [2.45, 2.75) is 70.1 Å². The van der Waals surface area contributed by atoms with Crippen molar-refractivity contribution in [1.29, 1.82) is 0 Å². The summed E-state index contributed by atoms with van der Waals surface area (Å²) < 4.78 is 47.8. The number of piperidine rings is 1. The first kappa shape index (κ1) is 21.1. The van der Waals surface area contributed by atoms with Crippen molar-refractivity contribution < 1.29 is 22.7 Å². The van der Waals surface area contributed by atoms with Crippen molar-refractivity contribution in [3.8, 4) is 0 Å². The van der Waals surface area contributed by atoms with Gasteiger partial charge in [-0.05, 0) is 31.7 Å². The number of carbonyl (C=O) groups excluding carboxylic acids is 1. The molecule has 0 aromatic carbocycles. The molecule has 0 unspecified atom stereocenters. The summed E-state index contributed by atoms with van der Waals surface area (Å²) >= 11 is 0. The number of nitrogens with zero attached hydrogens (tertiary/aromatic N) is 4. The van der Waals surface area contributed by atoms with Crippen LogP contribution < -0.4 is 0 Å². The zero-order valence-electron chi connectivity index (χ0n) is 17.5. The molecule has 2 aliphatic rings. The molecule has 0 spiro atoms. The van der Waals surface area contributed by atoms with Crippen LogP contribution >= 0.6 is 0 Å². The molecule has 0 bridgehead atoms. The highest BCUT2D eigenvalue weighted by molar-refractivity contribution is 5.81. The van der Waals surface area contributed by atoms with E-state index in [9.17, 15) is 18.0 Å². The molecule has 2 aromatic heterocycles. The SMILES string of the molecule is CC(C)(C)c1cc2nc([C@@H]3CCCN(C(=O)[C@@H]4CCCO4)C3)cc(C(F)(F)F)n2n1. The Labute approximate surface area is 173 Å². The van der Waals surface area contributed by atoms with Crippen LogP contribution in [0.2, 0.25) is 0 Å². The van der Waals surface area contributed by atoms with Crippen molar-refractivity contribution in [3.05, 3.63) is 29.2 Å². The fraction of sp³-hybridized carbons (Fsp3) is 0.667. The minimum absolute atomic E-state index is 0.0614. The summed E-state index contributed by atoms with van der Waals surface area (Å²) in [6.45, 7) is 7.25. The number of halogens is 3. The number of ether oxygens (including phenoxy) is 1. The van der Waals surface area contributed by atoms with Gasteiger partial charge in [-0.3, -0.25) is 4.79 Å².